The lowest BCUT2D eigenvalue weighted by Crippen LogP contribution is -2.49. The summed E-state index contributed by atoms with van der Waals surface area (Å²) in [5.41, 5.74) is 3.71. The molecule has 3 aromatic rings. The molecule has 4 rings (SSSR count). The van der Waals surface area contributed by atoms with Gasteiger partial charge in [0.05, 0.1) is 5.69 Å². The molecule has 26 heavy (non-hydrogen) atoms. The third kappa shape index (κ3) is 3.20. The first-order valence-corrected chi connectivity index (χ1v) is 8.91. The standard InChI is InChI=1S/C21H22N4O/c1-23-20(16-19(22-23)17-8-4-2-5-9-17)21(26)25-14-12-24(13-15-25)18-10-6-3-7-11-18/h2-11,16H,12-15H2,1H3. The molecule has 0 spiro atoms. The molecule has 1 fully saturated rings. The third-order valence-corrected chi connectivity index (χ3v) is 4.86. The zero-order valence-electron chi connectivity index (χ0n) is 14.9. The van der Waals surface area contributed by atoms with Crippen molar-refractivity contribution in [2.75, 3.05) is 31.1 Å². The monoisotopic (exact) mass is 346 g/mol. The molecule has 1 saturated heterocycles. The van der Waals surface area contributed by atoms with E-state index in [4.69, 9.17) is 0 Å². The van der Waals surface area contributed by atoms with E-state index >= 15 is 0 Å². The molecule has 5 heteroatoms. The summed E-state index contributed by atoms with van der Waals surface area (Å²) < 4.78 is 1.69. The lowest BCUT2D eigenvalue weighted by atomic mass is 10.1. The number of amides is 1. The van der Waals surface area contributed by atoms with E-state index < -0.39 is 0 Å². The van der Waals surface area contributed by atoms with E-state index in [-0.39, 0.29) is 5.91 Å². The van der Waals surface area contributed by atoms with Gasteiger partial charge in [-0.15, -0.1) is 0 Å². The van der Waals surface area contributed by atoms with Crippen LogP contribution in [-0.2, 0) is 7.05 Å². The zero-order chi connectivity index (χ0) is 17.9. The lowest BCUT2D eigenvalue weighted by Gasteiger charge is -2.36. The second-order valence-corrected chi connectivity index (χ2v) is 6.52. The summed E-state index contributed by atoms with van der Waals surface area (Å²) >= 11 is 0. The van der Waals surface area contributed by atoms with Crippen molar-refractivity contribution in [1.29, 1.82) is 0 Å². The number of carbonyl (C=O) groups is 1. The highest BCUT2D eigenvalue weighted by atomic mass is 16.2. The van der Waals surface area contributed by atoms with Gasteiger partial charge < -0.3 is 9.80 Å². The number of hydrogen-bond acceptors (Lipinski definition) is 3. The van der Waals surface area contributed by atoms with Crippen LogP contribution in [-0.4, -0.2) is 46.8 Å². The first-order chi connectivity index (χ1) is 12.7. The number of carbonyl (C=O) groups excluding carboxylic acids is 1. The Balaban J connectivity index is 1.47. The minimum atomic E-state index is 0.0508. The van der Waals surface area contributed by atoms with Crippen LogP contribution in [0.4, 0.5) is 5.69 Å². The van der Waals surface area contributed by atoms with Crippen molar-refractivity contribution in [2.24, 2.45) is 7.05 Å². The quantitative estimate of drug-likeness (QED) is 0.732. The van der Waals surface area contributed by atoms with Crippen LogP contribution >= 0.6 is 0 Å². The maximum absolute atomic E-state index is 13.0. The van der Waals surface area contributed by atoms with Crippen LogP contribution in [0.5, 0.6) is 0 Å². The molecule has 0 bridgehead atoms. The third-order valence-electron chi connectivity index (χ3n) is 4.86. The number of aryl methyl sites for hydroxylation is 1. The van der Waals surface area contributed by atoms with Crippen LogP contribution in [0.1, 0.15) is 10.5 Å². The Morgan fingerprint density at radius 1 is 0.885 bits per heavy atom. The fraction of sp³-hybridized carbons (Fsp3) is 0.238. The smallest absolute Gasteiger partial charge is 0.272 e. The molecule has 0 unspecified atom stereocenters. The number of benzene rings is 2. The van der Waals surface area contributed by atoms with E-state index in [1.165, 1.54) is 5.69 Å². The van der Waals surface area contributed by atoms with Crippen molar-refractivity contribution < 1.29 is 4.79 Å². The molecular weight excluding hydrogens is 324 g/mol. The van der Waals surface area contributed by atoms with Gasteiger partial charge in [-0.3, -0.25) is 9.48 Å². The normalized spacial score (nSPS) is 14.5. The van der Waals surface area contributed by atoms with E-state index in [2.05, 4.69) is 22.1 Å². The number of anilines is 1. The van der Waals surface area contributed by atoms with Crippen molar-refractivity contribution in [3.8, 4) is 11.3 Å². The average molecular weight is 346 g/mol. The number of nitrogens with zero attached hydrogens (tertiary/aromatic N) is 4. The molecule has 0 aliphatic carbocycles. The Labute approximate surface area is 153 Å². The van der Waals surface area contributed by atoms with Gasteiger partial charge >= 0.3 is 0 Å². The lowest BCUT2D eigenvalue weighted by molar-refractivity contribution is 0.0735. The maximum Gasteiger partial charge on any atom is 0.272 e. The molecule has 132 valence electrons. The van der Waals surface area contributed by atoms with Crippen LogP contribution < -0.4 is 4.90 Å². The number of rotatable bonds is 3. The van der Waals surface area contributed by atoms with Crippen molar-refractivity contribution >= 4 is 11.6 Å². The van der Waals surface area contributed by atoms with Gasteiger partial charge in [0.25, 0.3) is 5.91 Å². The van der Waals surface area contributed by atoms with Gasteiger partial charge in [0.2, 0.25) is 0 Å². The van der Waals surface area contributed by atoms with Gasteiger partial charge in [0.15, 0.2) is 0 Å². The van der Waals surface area contributed by atoms with Crippen molar-refractivity contribution in [1.82, 2.24) is 14.7 Å². The fourth-order valence-corrected chi connectivity index (χ4v) is 3.39. The molecule has 5 nitrogen and oxygen atoms in total. The predicted molar refractivity (Wildman–Crippen MR) is 103 cm³/mol. The molecule has 1 aliphatic rings. The van der Waals surface area contributed by atoms with E-state index in [0.29, 0.717) is 5.69 Å². The Kier molecular flexibility index (Phi) is 4.44. The van der Waals surface area contributed by atoms with E-state index in [9.17, 15) is 4.79 Å². The van der Waals surface area contributed by atoms with Gasteiger partial charge in [-0.2, -0.15) is 5.10 Å². The van der Waals surface area contributed by atoms with Crippen LogP contribution in [0.25, 0.3) is 11.3 Å². The summed E-state index contributed by atoms with van der Waals surface area (Å²) in [5, 5.41) is 4.52. The molecular formula is C21H22N4O. The van der Waals surface area contributed by atoms with Crippen molar-refractivity contribution in [2.45, 2.75) is 0 Å². The molecule has 0 radical (unpaired) electrons. The molecule has 0 atom stereocenters. The van der Waals surface area contributed by atoms with Crippen LogP contribution in [0, 0.1) is 0 Å². The first-order valence-electron chi connectivity index (χ1n) is 8.91. The van der Waals surface area contributed by atoms with Gasteiger partial charge in [0.1, 0.15) is 5.69 Å². The Hall–Kier alpha value is -3.08. The first kappa shape index (κ1) is 16.4. The Bertz CT molecular complexity index is 881. The van der Waals surface area contributed by atoms with E-state index in [1.807, 2.05) is 66.5 Å². The Morgan fingerprint density at radius 2 is 1.50 bits per heavy atom. The molecule has 1 aromatic heterocycles. The van der Waals surface area contributed by atoms with Gasteiger partial charge in [-0.05, 0) is 18.2 Å². The predicted octanol–water partition coefficient (Wildman–Crippen LogP) is 3.05. The van der Waals surface area contributed by atoms with E-state index in [1.54, 1.807) is 4.68 Å². The second kappa shape index (κ2) is 7.04. The highest BCUT2D eigenvalue weighted by molar-refractivity contribution is 5.94. The summed E-state index contributed by atoms with van der Waals surface area (Å²) in [6.07, 6.45) is 0. The summed E-state index contributed by atoms with van der Waals surface area (Å²) in [6, 6.07) is 22.2. The maximum atomic E-state index is 13.0. The molecule has 2 heterocycles. The number of piperazine rings is 1. The molecule has 0 saturated carbocycles. The van der Waals surface area contributed by atoms with Crippen LogP contribution in [0.15, 0.2) is 66.7 Å². The van der Waals surface area contributed by atoms with Gasteiger partial charge in [-0.1, -0.05) is 48.5 Å². The summed E-state index contributed by atoms with van der Waals surface area (Å²) in [7, 11) is 1.83. The largest absolute Gasteiger partial charge is 0.368 e. The molecule has 0 N–H and O–H groups in total. The molecule has 1 aliphatic heterocycles. The minimum Gasteiger partial charge on any atom is -0.368 e. The number of aromatic nitrogens is 2. The minimum absolute atomic E-state index is 0.0508. The SMILES string of the molecule is Cn1nc(-c2ccccc2)cc1C(=O)N1CCN(c2ccccc2)CC1. The van der Waals surface area contributed by atoms with Gasteiger partial charge in [-0.25, -0.2) is 0 Å². The second-order valence-electron chi connectivity index (χ2n) is 6.52. The molecule has 2 aromatic carbocycles. The average Bonchev–Trinajstić information content (AvgIpc) is 3.10. The zero-order valence-corrected chi connectivity index (χ0v) is 14.9. The topological polar surface area (TPSA) is 41.4 Å². The van der Waals surface area contributed by atoms with Crippen molar-refractivity contribution in [3.63, 3.8) is 0 Å². The van der Waals surface area contributed by atoms with Gasteiger partial charge in [0, 0.05) is 44.5 Å². The summed E-state index contributed by atoms with van der Waals surface area (Å²) in [4.78, 5) is 17.2. The van der Waals surface area contributed by atoms with Crippen LogP contribution in [0.2, 0.25) is 0 Å². The fourth-order valence-electron chi connectivity index (χ4n) is 3.39. The molecule has 1 amide bonds. The summed E-state index contributed by atoms with van der Waals surface area (Å²) in [5.74, 6) is 0.0508. The number of para-hydroxylation sites is 1. The van der Waals surface area contributed by atoms with E-state index in [0.717, 1.165) is 37.4 Å². The Morgan fingerprint density at radius 3 is 2.15 bits per heavy atom. The van der Waals surface area contributed by atoms with Crippen molar-refractivity contribution in [3.05, 3.63) is 72.4 Å². The summed E-state index contributed by atoms with van der Waals surface area (Å²) in [6.45, 7) is 3.14. The highest BCUT2D eigenvalue weighted by Crippen LogP contribution is 2.21. The number of hydrogen-bond donors (Lipinski definition) is 0. The highest BCUT2D eigenvalue weighted by Gasteiger charge is 2.25. The van der Waals surface area contributed by atoms with Crippen LogP contribution in [0.3, 0.4) is 0 Å².